The molecule has 0 radical (unpaired) electrons. The summed E-state index contributed by atoms with van der Waals surface area (Å²) in [5.41, 5.74) is 0. The van der Waals surface area contributed by atoms with Gasteiger partial charge >= 0.3 is 0 Å². The first-order valence-electron chi connectivity index (χ1n) is 6.02. The summed E-state index contributed by atoms with van der Waals surface area (Å²) in [4.78, 5) is 11.8. The van der Waals surface area contributed by atoms with Crippen molar-refractivity contribution in [3.63, 3.8) is 0 Å². The molecule has 4 nitrogen and oxygen atoms in total. The average Bonchev–Trinajstić information content (AvgIpc) is 2.95. The van der Waals surface area contributed by atoms with Crippen LogP contribution in [0.2, 0.25) is 0 Å². The number of amides is 1. The van der Waals surface area contributed by atoms with Gasteiger partial charge in [-0.25, -0.2) is 0 Å². The standard InChI is InChI=1S/C11H18N2O2.ClH/c14-11(8-2-1-5-12-8)13-9-6-7-3-4-10(9)15-7;/h7-10,12H,1-6H2,(H,13,14);1H/t7?,8-,9?,10?;/m0./s1. The van der Waals surface area contributed by atoms with Crippen molar-refractivity contribution in [2.75, 3.05) is 6.54 Å². The predicted molar refractivity (Wildman–Crippen MR) is 62.7 cm³/mol. The zero-order chi connectivity index (χ0) is 10.3. The topological polar surface area (TPSA) is 50.4 Å². The summed E-state index contributed by atoms with van der Waals surface area (Å²) in [6.45, 7) is 0.977. The van der Waals surface area contributed by atoms with Crippen LogP contribution in [-0.2, 0) is 9.53 Å². The van der Waals surface area contributed by atoms with Crippen molar-refractivity contribution in [3.8, 4) is 0 Å². The largest absolute Gasteiger partial charge is 0.373 e. The maximum atomic E-state index is 11.8. The van der Waals surface area contributed by atoms with Crippen LogP contribution in [0.25, 0.3) is 0 Å². The van der Waals surface area contributed by atoms with Crippen molar-refractivity contribution in [2.24, 2.45) is 0 Å². The first-order chi connectivity index (χ1) is 7.33. The van der Waals surface area contributed by atoms with E-state index >= 15 is 0 Å². The smallest absolute Gasteiger partial charge is 0.237 e. The number of halogens is 1. The summed E-state index contributed by atoms with van der Waals surface area (Å²) in [6, 6.07) is 0.322. The molecular formula is C11H19ClN2O2. The minimum Gasteiger partial charge on any atom is -0.373 e. The van der Waals surface area contributed by atoms with Crippen LogP contribution >= 0.6 is 12.4 Å². The van der Waals surface area contributed by atoms with Crippen LogP contribution in [0.5, 0.6) is 0 Å². The number of rotatable bonds is 2. The van der Waals surface area contributed by atoms with Crippen LogP contribution in [0.4, 0.5) is 0 Å². The van der Waals surface area contributed by atoms with Gasteiger partial charge < -0.3 is 15.4 Å². The minimum atomic E-state index is 0. The van der Waals surface area contributed by atoms with Crippen molar-refractivity contribution in [2.45, 2.75) is 56.4 Å². The van der Waals surface area contributed by atoms with E-state index in [1.165, 1.54) is 6.42 Å². The number of hydrogen-bond acceptors (Lipinski definition) is 3. The molecule has 0 aromatic heterocycles. The molecule has 5 heteroatoms. The fourth-order valence-electron chi connectivity index (χ4n) is 2.98. The number of ether oxygens (including phenoxy) is 1. The minimum absolute atomic E-state index is 0. The van der Waals surface area contributed by atoms with E-state index in [1.807, 2.05) is 0 Å². The third-order valence-corrected chi connectivity index (χ3v) is 3.81. The lowest BCUT2D eigenvalue weighted by molar-refractivity contribution is -0.123. The lowest BCUT2D eigenvalue weighted by Crippen LogP contribution is -2.48. The van der Waals surface area contributed by atoms with Gasteiger partial charge in [-0.15, -0.1) is 12.4 Å². The summed E-state index contributed by atoms with van der Waals surface area (Å²) in [5, 5.41) is 6.35. The molecule has 0 aliphatic carbocycles. The SMILES string of the molecule is Cl.O=C(NC1CC2CCC1O2)[C@@H]1CCCN1. The molecule has 3 rings (SSSR count). The Kier molecular flexibility index (Phi) is 3.72. The van der Waals surface area contributed by atoms with E-state index in [1.54, 1.807) is 0 Å². The van der Waals surface area contributed by atoms with Gasteiger partial charge in [0.2, 0.25) is 5.91 Å². The van der Waals surface area contributed by atoms with Crippen molar-refractivity contribution in [1.29, 1.82) is 0 Å². The molecule has 3 aliphatic rings. The normalized spacial score (nSPS) is 40.8. The number of hydrogen-bond donors (Lipinski definition) is 2. The molecule has 3 aliphatic heterocycles. The number of fused-ring (bicyclic) bond motifs is 2. The quantitative estimate of drug-likeness (QED) is 0.750. The summed E-state index contributed by atoms with van der Waals surface area (Å²) < 4.78 is 5.71. The maximum Gasteiger partial charge on any atom is 0.237 e. The van der Waals surface area contributed by atoms with Gasteiger partial charge in [-0.2, -0.15) is 0 Å². The van der Waals surface area contributed by atoms with E-state index < -0.39 is 0 Å². The van der Waals surface area contributed by atoms with Crippen LogP contribution in [-0.4, -0.2) is 36.7 Å². The Morgan fingerprint density at radius 2 is 2.19 bits per heavy atom. The van der Waals surface area contributed by atoms with Crippen molar-refractivity contribution < 1.29 is 9.53 Å². The van der Waals surface area contributed by atoms with Crippen LogP contribution in [0.1, 0.15) is 32.1 Å². The van der Waals surface area contributed by atoms with Gasteiger partial charge in [0.15, 0.2) is 0 Å². The highest BCUT2D eigenvalue weighted by Gasteiger charge is 2.42. The van der Waals surface area contributed by atoms with Crippen LogP contribution in [0.3, 0.4) is 0 Å². The van der Waals surface area contributed by atoms with Gasteiger partial charge in [0.1, 0.15) is 0 Å². The Labute approximate surface area is 102 Å². The van der Waals surface area contributed by atoms with Gasteiger partial charge in [0.25, 0.3) is 0 Å². The molecule has 2 bridgehead atoms. The molecule has 4 atom stereocenters. The fourth-order valence-corrected chi connectivity index (χ4v) is 2.98. The van der Waals surface area contributed by atoms with Crippen LogP contribution < -0.4 is 10.6 Å². The molecule has 3 fully saturated rings. The molecule has 0 spiro atoms. The van der Waals surface area contributed by atoms with Gasteiger partial charge in [-0.1, -0.05) is 0 Å². The number of nitrogens with one attached hydrogen (secondary N) is 2. The lowest BCUT2D eigenvalue weighted by atomic mass is 9.95. The van der Waals surface area contributed by atoms with Gasteiger partial charge in [-0.3, -0.25) is 4.79 Å². The van der Waals surface area contributed by atoms with Crippen molar-refractivity contribution in [3.05, 3.63) is 0 Å². The molecule has 0 aromatic rings. The third-order valence-electron chi connectivity index (χ3n) is 3.81. The van der Waals surface area contributed by atoms with Gasteiger partial charge in [-0.05, 0) is 38.6 Å². The van der Waals surface area contributed by atoms with Crippen molar-refractivity contribution >= 4 is 18.3 Å². The molecule has 0 aromatic carbocycles. The van der Waals surface area contributed by atoms with E-state index in [4.69, 9.17) is 4.74 Å². The summed E-state index contributed by atoms with van der Waals surface area (Å²) in [5.74, 6) is 0.175. The molecular weight excluding hydrogens is 228 g/mol. The Hall–Kier alpha value is -0.320. The average molecular weight is 247 g/mol. The molecule has 3 heterocycles. The van der Waals surface area contributed by atoms with Gasteiger partial charge in [0.05, 0.1) is 24.3 Å². The van der Waals surface area contributed by atoms with Crippen LogP contribution in [0, 0.1) is 0 Å². The highest BCUT2D eigenvalue weighted by atomic mass is 35.5. The summed E-state index contributed by atoms with van der Waals surface area (Å²) in [7, 11) is 0. The highest BCUT2D eigenvalue weighted by molar-refractivity contribution is 5.85. The molecule has 16 heavy (non-hydrogen) atoms. The maximum absolute atomic E-state index is 11.8. The summed E-state index contributed by atoms with van der Waals surface area (Å²) in [6.07, 6.45) is 6.12. The zero-order valence-corrected chi connectivity index (χ0v) is 10.1. The number of carbonyl (C=O) groups is 1. The van der Waals surface area contributed by atoms with E-state index in [0.717, 1.165) is 32.2 Å². The Bertz CT molecular complexity index is 269. The fraction of sp³-hybridized carbons (Fsp3) is 0.909. The second-order valence-electron chi connectivity index (χ2n) is 4.87. The van der Waals surface area contributed by atoms with Gasteiger partial charge in [0, 0.05) is 0 Å². The van der Waals surface area contributed by atoms with Crippen LogP contribution in [0.15, 0.2) is 0 Å². The van der Waals surface area contributed by atoms with E-state index in [9.17, 15) is 4.79 Å². The molecule has 2 N–H and O–H groups in total. The lowest BCUT2D eigenvalue weighted by Gasteiger charge is -2.22. The Balaban J connectivity index is 0.000000963. The van der Waals surface area contributed by atoms with E-state index in [-0.39, 0.29) is 30.4 Å². The first kappa shape index (κ1) is 12.1. The Morgan fingerprint density at radius 3 is 2.75 bits per heavy atom. The second-order valence-corrected chi connectivity index (χ2v) is 4.87. The molecule has 1 amide bonds. The van der Waals surface area contributed by atoms with E-state index in [0.29, 0.717) is 12.2 Å². The third kappa shape index (κ3) is 2.19. The summed E-state index contributed by atoms with van der Waals surface area (Å²) >= 11 is 0. The molecule has 0 saturated carbocycles. The highest BCUT2D eigenvalue weighted by Crippen LogP contribution is 2.34. The number of carbonyl (C=O) groups excluding carboxylic acids is 1. The first-order valence-corrected chi connectivity index (χ1v) is 6.02. The monoisotopic (exact) mass is 246 g/mol. The zero-order valence-electron chi connectivity index (χ0n) is 9.28. The predicted octanol–water partition coefficient (Wildman–Crippen LogP) is 0.596. The molecule has 3 unspecified atom stereocenters. The second kappa shape index (κ2) is 4.90. The molecule has 92 valence electrons. The van der Waals surface area contributed by atoms with E-state index in [2.05, 4.69) is 10.6 Å². The Morgan fingerprint density at radius 1 is 1.31 bits per heavy atom. The van der Waals surface area contributed by atoms with Crippen molar-refractivity contribution in [1.82, 2.24) is 10.6 Å². The molecule has 3 saturated heterocycles.